The van der Waals surface area contributed by atoms with Crippen molar-refractivity contribution in [3.8, 4) is 5.75 Å². The van der Waals surface area contributed by atoms with Crippen LogP contribution in [0.4, 0.5) is 4.79 Å². The molecule has 3 amide bonds. The van der Waals surface area contributed by atoms with Crippen molar-refractivity contribution in [2.45, 2.75) is 143 Å². The number of para-hydroxylation sites is 1. The van der Waals surface area contributed by atoms with E-state index >= 15 is 0 Å². The normalized spacial score (nSPS) is 16.2. The van der Waals surface area contributed by atoms with E-state index in [0.717, 1.165) is 37.0 Å². The number of alkyl carbamates (subject to hydrolysis) is 1. The van der Waals surface area contributed by atoms with E-state index in [9.17, 15) is 19.2 Å². The maximum absolute atomic E-state index is 13.7. The van der Waals surface area contributed by atoms with Crippen LogP contribution in [0.1, 0.15) is 106 Å². The molecule has 0 unspecified atom stereocenters. The average molecular weight is 675 g/mol. The Bertz CT molecular complexity index is 1180. The quantitative estimate of drug-likeness (QED) is 0.124. The first-order chi connectivity index (χ1) is 22.5. The van der Waals surface area contributed by atoms with Crippen LogP contribution in [0.3, 0.4) is 0 Å². The first-order valence-electron chi connectivity index (χ1n) is 17.7. The second kappa shape index (κ2) is 19.6. The average Bonchev–Trinajstić information content (AvgIpc) is 3.83. The summed E-state index contributed by atoms with van der Waals surface area (Å²) in [7, 11) is 1.63. The van der Waals surface area contributed by atoms with Gasteiger partial charge in [0.1, 0.15) is 29.5 Å². The van der Waals surface area contributed by atoms with Crippen LogP contribution in [0.5, 0.6) is 5.75 Å². The number of esters is 1. The molecule has 2 rings (SSSR count). The smallest absolute Gasteiger partial charge is 0.407 e. The molecule has 3 N–H and O–H groups in total. The molecule has 5 atom stereocenters. The Kier molecular flexibility index (Phi) is 16.7. The molecular weight excluding hydrogens is 612 g/mol. The van der Waals surface area contributed by atoms with E-state index < -0.39 is 35.8 Å². The lowest BCUT2D eigenvalue weighted by Crippen LogP contribution is -2.56. The Balaban J connectivity index is 1.95. The Morgan fingerprint density at radius 2 is 1.67 bits per heavy atom. The van der Waals surface area contributed by atoms with Crippen LogP contribution in [0, 0.1) is 11.8 Å². The summed E-state index contributed by atoms with van der Waals surface area (Å²) in [4.78, 5) is 53.2. The van der Waals surface area contributed by atoms with Gasteiger partial charge < -0.3 is 35.1 Å². The molecule has 48 heavy (non-hydrogen) atoms. The van der Waals surface area contributed by atoms with Crippen LogP contribution < -0.4 is 20.7 Å². The summed E-state index contributed by atoms with van der Waals surface area (Å²) in [5, 5.41) is 9.14. The molecule has 11 nitrogen and oxygen atoms in total. The van der Waals surface area contributed by atoms with E-state index in [-0.39, 0.29) is 35.8 Å². The summed E-state index contributed by atoms with van der Waals surface area (Å²) < 4.78 is 17.1. The summed E-state index contributed by atoms with van der Waals surface area (Å²) >= 11 is 0. The molecule has 1 fully saturated rings. The molecule has 1 aliphatic rings. The highest BCUT2D eigenvalue weighted by Crippen LogP contribution is 2.33. The number of nitrogens with zero attached hydrogens (tertiary/aromatic N) is 1. The Morgan fingerprint density at radius 1 is 1.00 bits per heavy atom. The fraction of sp³-hybridized carbons (Fsp3) is 0.730. The molecular formula is C37H62N4O7. The van der Waals surface area contributed by atoms with Crippen molar-refractivity contribution in [2.24, 2.45) is 11.8 Å². The highest BCUT2D eigenvalue weighted by molar-refractivity contribution is 5.92. The fourth-order valence-corrected chi connectivity index (χ4v) is 5.20. The number of likely N-dealkylation sites (N-methyl/N-ethyl adjacent to an activating group) is 1. The number of rotatable bonds is 20. The van der Waals surface area contributed by atoms with Crippen LogP contribution in [-0.4, -0.2) is 84.8 Å². The minimum atomic E-state index is -0.772. The summed E-state index contributed by atoms with van der Waals surface area (Å²) in [6.07, 6.45) is 4.74. The van der Waals surface area contributed by atoms with Gasteiger partial charge in [-0.1, -0.05) is 45.4 Å². The van der Waals surface area contributed by atoms with Gasteiger partial charge in [-0.05, 0) is 104 Å². The van der Waals surface area contributed by atoms with E-state index in [1.165, 1.54) is 4.90 Å². The zero-order chi connectivity index (χ0) is 36.0. The van der Waals surface area contributed by atoms with E-state index in [2.05, 4.69) is 16.0 Å². The summed E-state index contributed by atoms with van der Waals surface area (Å²) in [6, 6.07) is 5.78. The summed E-state index contributed by atoms with van der Waals surface area (Å²) in [5.41, 5.74) is 0.475. The summed E-state index contributed by atoms with van der Waals surface area (Å²) in [6.45, 7) is 17.8. The molecule has 1 aromatic carbocycles. The van der Waals surface area contributed by atoms with Crippen molar-refractivity contribution >= 4 is 23.9 Å². The fourth-order valence-electron chi connectivity index (χ4n) is 5.20. The molecule has 0 heterocycles. The minimum Gasteiger partial charge on any atom is -0.489 e. The second-order valence-electron chi connectivity index (χ2n) is 14.7. The topological polar surface area (TPSA) is 135 Å². The van der Waals surface area contributed by atoms with E-state index in [1.54, 1.807) is 14.0 Å². The van der Waals surface area contributed by atoms with Gasteiger partial charge in [0.15, 0.2) is 0 Å². The van der Waals surface area contributed by atoms with Gasteiger partial charge in [0.2, 0.25) is 11.8 Å². The summed E-state index contributed by atoms with van der Waals surface area (Å²) in [5.74, 6) is 0.139. The molecule has 0 spiro atoms. The standard InChI is InChI=1S/C37H62N4O7/c1-11-12-21-46-35(44)30(22-24(2)3)40-33(42)27(6)41(10)34(43)32(29-19-20-29)38-23-26(5)47-31-16-14-13-15-28(31)18-17-25(4)39-36(45)48-37(7,8)9/h13-16,24-27,29-30,32,38H,11-12,17-23H2,1-10H3,(H,39,45)(H,40,42)/t25-,26+,27+,30+,32-/m0/s1. The number of nitrogens with one attached hydrogen (secondary N) is 3. The minimum absolute atomic E-state index is 0.0838. The highest BCUT2D eigenvalue weighted by Gasteiger charge is 2.39. The largest absolute Gasteiger partial charge is 0.489 e. The third-order valence-electron chi connectivity index (χ3n) is 8.25. The van der Waals surface area contributed by atoms with E-state index in [1.807, 2.05) is 79.7 Å². The van der Waals surface area contributed by atoms with Crippen molar-refractivity contribution in [3.63, 3.8) is 0 Å². The number of benzene rings is 1. The first-order valence-corrected chi connectivity index (χ1v) is 17.7. The molecule has 1 aromatic rings. The third kappa shape index (κ3) is 14.8. The lowest BCUT2D eigenvalue weighted by atomic mass is 10.0. The maximum atomic E-state index is 13.7. The first kappa shape index (κ1) is 40.8. The predicted molar refractivity (Wildman–Crippen MR) is 188 cm³/mol. The van der Waals surface area contributed by atoms with Crippen molar-refractivity contribution in [3.05, 3.63) is 29.8 Å². The van der Waals surface area contributed by atoms with Crippen molar-refractivity contribution in [1.29, 1.82) is 0 Å². The van der Waals surface area contributed by atoms with Gasteiger partial charge in [-0.15, -0.1) is 0 Å². The van der Waals surface area contributed by atoms with Gasteiger partial charge in [0.05, 0.1) is 12.6 Å². The molecule has 0 aliphatic heterocycles. The van der Waals surface area contributed by atoms with Gasteiger partial charge in [0.25, 0.3) is 0 Å². The van der Waals surface area contributed by atoms with Crippen molar-refractivity contribution in [2.75, 3.05) is 20.2 Å². The van der Waals surface area contributed by atoms with Gasteiger partial charge in [-0.2, -0.15) is 0 Å². The lowest BCUT2D eigenvalue weighted by Gasteiger charge is -2.30. The number of carbonyl (C=O) groups excluding carboxylic acids is 4. The number of ether oxygens (including phenoxy) is 3. The van der Waals surface area contributed by atoms with Crippen LogP contribution in [0.25, 0.3) is 0 Å². The number of hydrogen-bond donors (Lipinski definition) is 3. The number of hydrogen-bond acceptors (Lipinski definition) is 8. The van der Waals surface area contributed by atoms with Crippen LogP contribution in [-0.2, 0) is 30.3 Å². The zero-order valence-electron chi connectivity index (χ0n) is 31.0. The van der Waals surface area contributed by atoms with E-state index in [4.69, 9.17) is 14.2 Å². The highest BCUT2D eigenvalue weighted by atomic mass is 16.6. The number of amides is 3. The third-order valence-corrected chi connectivity index (χ3v) is 8.25. The molecule has 0 aromatic heterocycles. The van der Waals surface area contributed by atoms with Crippen LogP contribution in [0.15, 0.2) is 24.3 Å². The predicted octanol–water partition coefficient (Wildman–Crippen LogP) is 5.39. The van der Waals surface area contributed by atoms with Crippen molar-refractivity contribution in [1.82, 2.24) is 20.9 Å². The van der Waals surface area contributed by atoms with Crippen LogP contribution in [0.2, 0.25) is 0 Å². The lowest BCUT2D eigenvalue weighted by molar-refractivity contribution is -0.149. The number of carbonyl (C=O) groups is 4. The van der Waals surface area contributed by atoms with Gasteiger partial charge >= 0.3 is 12.1 Å². The second-order valence-corrected chi connectivity index (χ2v) is 14.7. The Labute approximate surface area is 288 Å². The molecule has 0 radical (unpaired) electrons. The van der Waals surface area contributed by atoms with Gasteiger partial charge in [-0.25, -0.2) is 9.59 Å². The molecule has 1 saturated carbocycles. The van der Waals surface area contributed by atoms with Gasteiger partial charge in [-0.3, -0.25) is 9.59 Å². The van der Waals surface area contributed by atoms with Crippen LogP contribution >= 0.6 is 0 Å². The molecule has 0 saturated heterocycles. The Morgan fingerprint density at radius 3 is 2.27 bits per heavy atom. The SMILES string of the molecule is CCCCOC(=O)[C@@H](CC(C)C)NC(=O)[C@@H](C)N(C)C(=O)[C@@H](NC[C@@H](C)Oc1ccccc1CC[C@H](C)NC(=O)OC(C)(C)C)C1CC1. The molecule has 0 bridgehead atoms. The van der Waals surface area contributed by atoms with E-state index in [0.29, 0.717) is 32.4 Å². The Hall–Kier alpha value is -3.34. The molecule has 11 heteroatoms. The maximum Gasteiger partial charge on any atom is 0.407 e. The zero-order valence-corrected chi connectivity index (χ0v) is 31.0. The molecule has 1 aliphatic carbocycles. The van der Waals surface area contributed by atoms with Crippen molar-refractivity contribution < 1.29 is 33.4 Å². The monoisotopic (exact) mass is 674 g/mol. The molecule has 272 valence electrons. The number of aryl methyl sites for hydroxylation is 1. The van der Waals surface area contributed by atoms with Gasteiger partial charge in [0, 0.05) is 19.6 Å². The number of unbranched alkanes of at least 4 members (excludes halogenated alkanes) is 1.